The van der Waals surface area contributed by atoms with Gasteiger partial charge in [-0.1, -0.05) is 29.8 Å². The number of rotatable bonds is 5. The predicted molar refractivity (Wildman–Crippen MR) is 126 cm³/mol. The lowest BCUT2D eigenvalue weighted by molar-refractivity contribution is -0.120. The topological polar surface area (TPSA) is 78.5 Å². The summed E-state index contributed by atoms with van der Waals surface area (Å²) in [5.41, 5.74) is 2.90. The fourth-order valence-electron chi connectivity index (χ4n) is 3.48. The summed E-state index contributed by atoms with van der Waals surface area (Å²) in [6.07, 6.45) is 0. The monoisotopic (exact) mass is 463 g/mol. The molecule has 6 nitrogen and oxygen atoms in total. The molecule has 0 saturated carbocycles. The van der Waals surface area contributed by atoms with E-state index in [1.165, 1.54) is 31.2 Å². The van der Waals surface area contributed by atoms with Crippen LogP contribution in [0.3, 0.4) is 0 Å². The van der Waals surface area contributed by atoms with E-state index in [0.717, 1.165) is 10.5 Å². The maximum atomic E-state index is 13.4. The molecule has 0 radical (unpaired) electrons. The first-order valence-electron chi connectivity index (χ1n) is 10.0. The summed E-state index contributed by atoms with van der Waals surface area (Å²) >= 11 is 6.23. The van der Waals surface area contributed by atoms with Gasteiger partial charge in [0.15, 0.2) is 0 Å². The highest BCUT2D eigenvalue weighted by molar-refractivity contribution is 6.46. The number of imide groups is 1. The van der Waals surface area contributed by atoms with Crippen molar-refractivity contribution in [1.29, 1.82) is 0 Å². The van der Waals surface area contributed by atoms with Crippen LogP contribution in [0.4, 0.5) is 21.5 Å². The van der Waals surface area contributed by atoms with Crippen molar-refractivity contribution >= 4 is 52.0 Å². The van der Waals surface area contributed by atoms with Crippen LogP contribution in [0.1, 0.15) is 18.1 Å². The van der Waals surface area contributed by atoms with Gasteiger partial charge in [0.25, 0.3) is 11.8 Å². The first-order valence-corrected chi connectivity index (χ1v) is 10.4. The second-order valence-electron chi connectivity index (χ2n) is 7.52. The number of nitrogens with one attached hydrogen (secondary N) is 2. The van der Waals surface area contributed by atoms with Gasteiger partial charge in [-0.3, -0.25) is 14.4 Å². The highest BCUT2D eigenvalue weighted by Gasteiger charge is 2.40. The number of nitrogens with zero attached hydrogens (tertiary/aromatic N) is 1. The standard InChI is InChI=1S/C25H19ClFN3O3/c1-14-3-8-19(13-21(14)26)29-23-22(16-4-9-18(10-5-16)28-15(2)31)24(32)30(25(23)33)20-11-6-17(27)7-12-20/h3-13,29H,1-2H3,(H,28,31). The van der Waals surface area contributed by atoms with Crippen molar-refractivity contribution in [3.8, 4) is 0 Å². The summed E-state index contributed by atoms with van der Waals surface area (Å²) in [5.74, 6) is -1.84. The minimum absolute atomic E-state index is 0.0662. The van der Waals surface area contributed by atoms with E-state index in [1.807, 2.05) is 6.92 Å². The van der Waals surface area contributed by atoms with Crippen molar-refractivity contribution in [2.75, 3.05) is 15.5 Å². The smallest absolute Gasteiger partial charge is 0.282 e. The predicted octanol–water partition coefficient (Wildman–Crippen LogP) is 5.14. The molecule has 0 unspecified atom stereocenters. The SMILES string of the molecule is CC(=O)Nc1ccc(C2=C(Nc3ccc(C)c(Cl)c3)C(=O)N(c3ccc(F)cc3)C2=O)cc1. The van der Waals surface area contributed by atoms with Crippen LogP contribution in [0.2, 0.25) is 5.02 Å². The van der Waals surface area contributed by atoms with Crippen LogP contribution in [-0.2, 0) is 14.4 Å². The highest BCUT2D eigenvalue weighted by Crippen LogP contribution is 2.34. The fraction of sp³-hybridized carbons (Fsp3) is 0.0800. The molecule has 33 heavy (non-hydrogen) atoms. The molecule has 4 rings (SSSR count). The van der Waals surface area contributed by atoms with Crippen LogP contribution in [0.25, 0.3) is 5.57 Å². The molecule has 3 aromatic carbocycles. The van der Waals surface area contributed by atoms with Crippen LogP contribution in [0.15, 0.2) is 72.4 Å². The minimum atomic E-state index is -0.579. The number of benzene rings is 3. The molecule has 0 atom stereocenters. The molecule has 1 aliphatic heterocycles. The Morgan fingerprint density at radius 2 is 1.55 bits per heavy atom. The summed E-state index contributed by atoms with van der Waals surface area (Å²) < 4.78 is 13.4. The summed E-state index contributed by atoms with van der Waals surface area (Å²) in [6.45, 7) is 3.25. The van der Waals surface area contributed by atoms with Crippen molar-refractivity contribution in [2.24, 2.45) is 0 Å². The van der Waals surface area contributed by atoms with E-state index in [-0.39, 0.29) is 22.9 Å². The molecular formula is C25H19ClFN3O3. The average Bonchev–Trinajstić information content (AvgIpc) is 3.01. The number of anilines is 3. The van der Waals surface area contributed by atoms with Gasteiger partial charge >= 0.3 is 0 Å². The molecule has 1 aliphatic rings. The average molecular weight is 464 g/mol. The second kappa shape index (κ2) is 8.88. The Kier molecular flexibility index (Phi) is 5.98. The van der Waals surface area contributed by atoms with Crippen molar-refractivity contribution in [3.05, 3.63) is 94.4 Å². The lowest BCUT2D eigenvalue weighted by Gasteiger charge is -2.15. The van der Waals surface area contributed by atoms with E-state index in [9.17, 15) is 18.8 Å². The minimum Gasteiger partial charge on any atom is -0.350 e. The molecule has 166 valence electrons. The third-order valence-electron chi connectivity index (χ3n) is 5.10. The Morgan fingerprint density at radius 3 is 2.15 bits per heavy atom. The van der Waals surface area contributed by atoms with Crippen molar-refractivity contribution in [3.63, 3.8) is 0 Å². The van der Waals surface area contributed by atoms with E-state index in [4.69, 9.17) is 11.6 Å². The van der Waals surface area contributed by atoms with E-state index in [0.29, 0.717) is 22.0 Å². The summed E-state index contributed by atoms with van der Waals surface area (Å²) in [7, 11) is 0. The van der Waals surface area contributed by atoms with Gasteiger partial charge in [-0.05, 0) is 66.6 Å². The molecule has 0 aliphatic carbocycles. The van der Waals surface area contributed by atoms with Gasteiger partial charge in [-0.25, -0.2) is 9.29 Å². The maximum Gasteiger partial charge on any atom is 0.282 e. The molecule has 0 saturated heterocycles. The van der Waals surface area contributed by atoms with Crippen molar-refractivity contribution < 1.29 is 18.8 Å². The van der Waals surface area contributed by atoms with Gasteiger partial charge in [0, 0.05) is 23.3 Å². The molecule has 0 bridgehead atoms. The molecule has 3 amide bonds. The first-order chi connectivity index (χ1) is 15.7. The van der Waals surface area contributed by atoms with E-state index in [1.54, 1.807) is 42.5 Å². The molecule has 2 N–H and O–H groups in total. The Bertz CT molecular complexity index is 1300. The number of carbonyl (C=O) groups is 3. The molecule has 1 heterocycles. The molecule has 0 spiro atoms. The molecule has 0 fully saturated rings. The Morgan fingerprint density at radius 1 is 0.909 bits per heavy atom. The largest absolute Gasteiger partial charge is 0.350 e. The van der Waals surface area contributed by atoms with Gasteiger partial charge in [0.1, 0.15) is 11.5 Å². The first kappa shape index (κ1) is 22.2. The Labute approximate surface area is 194 Å². The second-order valence-corrected chi connectivity index (χ2v) is 7.93. The van der Waals surface area contributed by atoms with Gasteiger partial charge in [-0.2, -0.15) is 0 Å². The number of hydrogen-bond acceptors (Lipinski definition) is 4. The normalized spacial score (nSPS) is 13.5. The molecular weight excluding hydrogens is 445 g/mol. The van der Waals surface area contributed by atoms with Crippen LogP contribution in [0, 0.1) is 12.7 Å². The van der Waals surface area contributed by atoms with Crippen LogP contribution in [-0.4, -0.2) is 17.7 Å². The number of amides is 3. The summed E-state index contributed by atoms with van der Waals surface area (Å²) in [5, 5.41) is 6.21. The number of carbonyl (C=O) groups excluding carboxylic acids is 3. The van der Waals surface area contributed by atoms with Crippen molar-refractivity contribution in [2.45, 2.75) is 13.8 Å². The number of aryl methyl sites for hydroxylation is 1. The Balaban J connectivity index is 1.79. The van der Waals surface area contributed by atoms with E-state index >= 15 is 0 Å². The fourth-order valence-corrected chi connectivity index (χ4v) is 3.66. The molecule has 8 heteroatoms. The van der Waals surface area contributed by atoms with Crippen LogP contribution >= 0.6 is 11.6 Å². The van der Waals surface area contributed by atoms with Gasteiger partial charge in [-0.15, -0.1) is 0 Å². The zero-order valence-electron chi connectivity index (χ0n) is 17.8. The van der Waals surface area contributed by atoms with Gasteiger partial charge < -0.3 is 10.6 Å². The summed E-state index contributed by atoms with van der Waals surface area (Å²) in [6, 6.07) is 16.9. The third-order valence-corrected chi connectivity index (χ3v) is 5.51. The van der Waals surface area contributed by atoms with E-state index in [2.05, 4.69) is 10.6 Å². The zero-order valence-corrected chi connectivity index (χ0v) is 18.5. The van der Waals surface area contributed by atoms with Gasteiger partial charge in [0.05, 0.1) is 11.3 Å². The van der Waals surface area contributed by atoms with Gasteiger partial charge in [0.2, 0.25) is 5.91 Å². The summed E-state index contributed by atoms with van der Waals surface area (Å²) in [4.78, 5) is 39.1. The van der Waals surface area contributed by atoms with Crippen LogP contribution < -0.4 is 15.5 Å². The number of hydrogen-bond donors (Lipinski definition) is 2. The molecule has 3 aromatic rings. The third kappa shape index (κ3) is 4.49. The quantitative estimate of drug-likeness (QED) is 0.513. The number of halogens is 2. The lowest BCUT2D eigenvalue weighted by atomic mass is 10.0. The lowest BCUT2D eigenvalue weighted by Crippen LogP contribution is -2.32. The van der Waals surface area contributed by atoms with Crippen LogP contribution in [0.5, 0.6) is 0 Å². The molecule has 0 aromatic heterocycles. The highest BCUT2D eigenvalue weighted by atomic mass is 35.5. The Hall–Kier alpha value is -3.97. The zero-order chi connectivity index (χ0) is 23.7. The van der Waals surface area contributed by atoms with E-state index < -0.39 is 17.6 Å². The van der Waals surface area contributed by atoms with Crippen molar-refractivity contribution in [1.82, 2.24) is 0 Å². The maximum absolute atomic E-state index is 13.4.